The van der Waals surface area contributed by atoms with Crippen LogP contribution in [0, 0.1) is 0 Å². The molecule has 8 heteroatoms. The molecule has 19 heavy (non-hydrogen) atoms. The Kier molecular flexibility index (Phi) is 4.24. The number of methoxy groups -OCH3 is 1. The fourth-order valence-corrected chi connectivity index (χ4v) is 1.68. The normalized spacial score (nSPS) is 10.1. The van der Waals surface area contributed by atoms with Gasteiger partial charge in [0.2, 0.25) is 11.9 Å². The summed E-state index contributed by atoms with van der Waals surface area (Å²) in [6.45, 7) is 0. The van der Waals surface area contributed by atoms with Crippen LogP contribution in [0.4, 0.5) is 17.6 Å². The van der Waals surface area contributed by atoms with Crippen molar-refractivity contribution in [3.05, 3.63) is 28.2 Å². The summed E-state index contributed by atoms with van der Waals surface area (Å²) in [5.41, 5.74) is 0.601. The van der Waals surface area contributed by atoms with Gasteiger partial charge < -0.3 is 15.4 Å². The lowest BCUT2D eigenvalue weighted by Crippen LogP contribution is -2.05. The van der Waals surface area contributed by atoms with Crippen molar-refractivity contribution >= 4 is 40.8 Å². The molecule has 0 atom stereocenters. The van der Waals surface area contributed by atoms with Crippen LogP contribution in [0.15, 0.2) is 18.2 Å². The van der Waals surface area contributed by atoms with Crippen molar-refractivity contribution in [2.24, 2.45) is 0 Å². The number of nitrogens with zero attached hydrogens (tertiary/aromatic N) is 3. The van der Waals surface area contributed by atoms with Crippen LogP contribution in [0.5, 0.6) is 6.01 Å². The third kappa shape index (κ3) is 3.15. The molecule has 2 N–H and O–H groups in total. The number of ether oxygens (including phenoxy) is 1. The summed E-state index contributed by atoms with van der Waals surface area (Å²) in [7, 11) is 3.18. The molecule has 0 bridgehead atoms. The number of nitrogens with one attached hydrogen (secondary N) is 2. The minimum absolute atomic E-state index is 0.194. The Morgan fingerprint density at radius 3 is 2.53 bits per heavy atom. The number of benzene rings is 1. The molecule has 1 aromatic carbocycles. The summed E-state index contributed by atoms with van der Waals surface area (Å²) < 4.78 is 4.99. The molecule has 0 spiro atoms. The quantitative estimate of drug-likeness (QED) is 0.904. The molecule has 100 valence electrons. The zero-order valence-corrected chi connectivity index (χ0v) is 11.7. The Labute approximate surface area is 120 Å². The Morgan fingerprint density at radius 1 is 1.11 bits per heavy atom. The number of rotatable bonds is 4. The molecule has 0 saturated carbocycles. The van der Waals surface area contributed by atoms with Gasteiger partial charge in [0, 0.05) is 7.05 Å². The summed E-state index contributed by atoms with van der Waals surface area (Å²) in [5.74, 6) is 0.688. The molecule has 0 unspecified atom stereocenters. The van der Waals surface area contributed by atoms with Gasteiger partial charge in [0.05, 0.1) is 22.8 Å². The molecule has 0 amide bonds. The first-order chi connectivity index (χ1) is 9.13. The molecule has 6 nitrogen and oxygen atoms in total. The van der Waals surface area contributed by atoms with Crippen molar-refractivity contribution in [1.82, 2.24) is 15.0 Å². The number of hydrogen-bond acceptors (Lipinski definition) is 6. The first-order valence-corrected chi connectivity index (χ1v) is 6.08. The fraction of sp³-hybridized carbons (Fsp3) is 0.182. The second-order valence-corrected chi connectivity index (χ2v) is 4.23. The van der Waals surface area contributed by atoms with Crippen LogP contribution in [0.25, 0.3) is 0 Å². The summed E-state index contributed by atoms with van der Waals surface area (Å²) in [6, 6.07) is 5.43. The van der Waals surface area contributed by atoms with Crippen LogP contribution >= 0.6 is 23.2 Å². The van der Waals surface area contributed by atoms with Gasteiger partial charge in [-0.25, -0.2) is 0 Å². The van der Waals surface area contributed by atoms with Crippen molar-refractivity contribution in [1.29, 1.82) is 0 Å². The van der Waals surface area contributed by atoms with Crippen LogP contribution in [0.3, 0.4) is 0 Å². The largest absolute Gasteiger partial charge is 0.467 e. The fourth-order valence-electron chi connectivity index (χ4n) is 1.34. The minimum atomic E-state index is 0.194. The lowest BCUT2D eigenvalue weighted by molar-refractivity contribution is 0.379. The molecule has 1 heterocycles. The van der Waals surface area contributed by atoms with E-state index in [1.54, 1.807) is 25.2 Å². The highest BCUT2D eigenvalue weighted by molar-refractivity contribution is 6.43. The average molecular weight is 300 g/mol. The van der Waals surface area contributed by atoms with Gasteiger partial charge in [0.25, 0.3) is 0 Å². The van der Waals surface area contributed by atoms with Crippen molar-refractivity contribution in [3.63, 3.8) is 0 Å². The molecule has 0 aliphatic rings. The molecule has 0 fully saturated rings. The Morgan fingerprint density at radius 2 is 1.84 bits per heavy atom. The van der Waals surface area contributed by atoms with Crippen molar-refractivity contribution in [2.45, 2.75) is 0 Å². The van der Waals surface area contributed by atoms with E-state index in [0.717, 1.165) is 0 Å². The lowest BCUT2D eigenvalue weighted by atomic mass is 10.3. The first-order valence-electron chi connectivity index (χ1n) is 5.33. The molecule has 0 aliphatic heterocycles. The van der Waals surface area contributed by atoms with Gasteiger partial charge in [-0.2, -0.15) is 15.0 Å². The minimum Gasteiger partial charge on any atom is -0.467 e. The van der Waals surface area contributed by atoms with E-state index in [1.165, 1.54) is 7.11 Å². The molecule has 0 saturated heterocycles. The van der Waals surface area contributed by atoms with Crippen molar-refractivity contribution in [3.8, 4) is 6.01 Å². The Balaban J connectivity index is 2.34. The number of halogens is 2. The molecular formula is C11H11Cl2N5O. The lowest BCUT2D eigenvalue weighted by Gasteiger charge is -2.09. The zero-order valence-electron chi connectivity index (χ0n) is 10.2. The van der Waals surface area contributed by atoms with E-state index in [1.807, 2.05) is 0 Å². The van der Waals surface area contributed by atoms with E-state index in [2.05, 4.69) is 25.6 Å². The predicted octanol–water partition coefficient (Wildman–Crippen LogP) is 2.97. The Hall–Kier alpha value is -1.79. The average Bonchev–Trinajstić information content (AvgIpc) is 2.43. The topological polar surface area (TPSA) is 72.0 Å². The van der Waals surface area contributed by atoms with E-state index in [9.17, 15) is 0 Å². The maximum absolute atomic E-state index is 6.08. The van der Waals surface area contributed by atoms with E-state index < -0.39 is 0 Å². The van der Waals surface area contributed by atoms with E-state index >= 15 is 0 Å². The van der Waals surface area contributed by atoms with E-state index in [0.29, 0.717) is 27.6 Å². The summed E-state index contributed by atoms with van der Waals surface area (Å²) in [5, 5.41) is 6.62. The maximum Gasteiger partial charge on any atom is 0.322 e. The Bertz CT molecular complexity index is 571. The van der Waals surface area contributed by atoms with Gasteiger partial charge in [-0.1, -0.05) is 29.3 Å². The zero-order chi connectivity index (χ0) is 13.8. The smallest absolute Gasteiger partial charge is 0.322 e. The molecule has 1 aromatic heterocycles. The van der Waals surface area contributed by atoms with Gasteiger partial charge in [-0.3, -0.25) is 0 Å². The molecule has 2 aromatic rings. The summed E-state index contributed by atoms with van der Waals surface area (Å²) in [4.78, 5) is 12.2. The monoisotopic (exact) mass is 299 g/mol. The number of hydrogen-bond donors (Lipinski definition) is 2. The van der Waals surface area contributed by atoms with Gasteiger partial charge in [-0.15, -0.1) is 0 Å². The van der Waals surface area contributed by atoms with Crippen LogP contribution in [0.2, 0.25) is 10.0 Å². The standard InChI is InChI=1S/C11H11Cl2N5O/c1-14-9-16-10(18-11(17-9)19-2)15-7-5-3-4-6(12)8(7)13/h3-5H,1-2H3,(H2,14,15,16,17,18). The van der Waals surface area contributed by atoms with E-state index in [-0.39, 0.29) is 6.01 Å². The maximum atomic E-state index is 6.08. The summed E-state index contributed by atoms with van der Waals surface area (Å²) in [6.07, 6.45) is 0. The third-order valence-electron chi connectivity index (χ3n) is 2.22. The highest BCUT2D eigenvalue weighted by atomic mass is 35.5. The van der Waals surface area contributed by atoms with Crippen molar-refractivity contribution < 1.29 is 4.74 Å². The highest BCUT2D eigenvalue weighted by Crippen LogP contribution is 2.31. The van der Waals surface area contributed by atoms with Crippen LogP contribution < -0.4 is 15.4 Å². The molecule has 0 aliphatic carbocycles. The van der Waals surface area contributed by atoms with E-state index in [4.69, 9.17) is 27.9 Å². The van der Waals surface area contributed by atoms with Crippen molar-refractivity contribution in [2.75, 3.05) is 24.8 Å². The SMILES string of the molecule is CNc1nc(Nc2cccc(Cl)c2Cl)nc(OC)n1. The summed E-state index contributed by atoms with van der Waals surface area (Å²) >= 11 is 12.0. The second-order valence-electron chi connectivity index (χ2n) is 3.45. The molecular weight excluding hydrogens is 289 g/mol. The van der Waals surface area contributed by atoms with Crippen LogP contribution in [-0.2, 0) is 0 Å². The van der Waals surface area contributed by atoms with Gasteiger partial charge in [0.1, 0.15) is 0 Å². The predicted molar refractivity (Wildman–Crippen MR) is 75.7 cm³/mol. The number of aromatic nitrogens is 3. The van der Waals surface area contributed by atoms with Gasteiger partial charge in [0.15, 0.2) is 0 Å². The number of anilines is 3. The van der Waals surface area contributed by atoms with Gasteiger partial charge in [-0.05, 0) is 12.1 Å². The molecule has 0 radical (unpaired) electrons. The van der Waals surface area contributed by atoms with Crippen LogP contribution in [-0.4, -0.2) is 29.1 Å². The third-order valence-corrected chi connectivity index (χ3v) is 3.04. The van der Waals surface area contributed by atoms with Crippen LogP contribution in [0.1, 0.15) is 0 Å². The van der Waals surface area contributed by atoms with Gasteiger partial charge >= 0.3 is 6.01 Å². The molecule has 2 rings (SSSR count). The highest BCUT2D eigenvalue weighted by Gasteiger charge is 2.09. The second kappa shape index (κ2) is 5.90. The first kappa shape index (κ1) is 13.6.